The van der Waals surface area contributed by atoms with Crippen LogP contribution in [0.15, 0.2) is 36.1 Å². The minimum atomic E-state index is -1.33. The van der Waals surface area contributed by atoms with Gasteiger partial charge < -0.3 is 30.9 Å². The lowest BCUT2D eigenvalue weighted by Crippen LogP contribution is -2.61. The number of carbonyl (C=O) groups is 3. The molecule has 1 aliphatic heterocycles. The molecule has 0 aromatic heterocycles. The highest BCUT2D eigenvalue weighted by Crippen LogP contribution is 2.20. The molecule has 0 aliphatic carbocycles. The largest absolute Gasteiger partial charge is 0.508 e. The molecule has 29 heavy (non-hydrogen) atoms. The van der Waals surface area contributed by atoms with Crippen LogP contribution >= 0.6 is 0 Å². The second kappa shape index (κ2) is 9.92. The van der Waals surface area contributed by atoms with Crippen LogP contribution in [0.4, 0.5) is 0 Å². The fourth-order valence-electron chi connectivity index (χ4n) is 3.17. The molecule has 0 radical (unpaired) electrons. The van der Waals surface area contributed by atoms with E-state index in [2.05, 4.69) is 5.32 Å². The zero-order valence-corrected chi connectivity index (χ0v) is 16.5. The number of hydrogen-bond donors (Lipinski definition) is 4. The van der Waals surface area contributed by atoms with Crippen molar-refractivity contribution < 1.29 is 29.3 Å². The minimum Gasteiger partial charge on any atom is -0.508 e. The van der Waals surface area contributed by atoms with E-state index in [1.54, 1.807) is 29.2 Å². The molecule has 0 saturated carbocycles. The summed E-state index contributed by atoms with van der Waals surface area (Å²) in [6.07, 6.45) is 1.17. The van der Waals surface area contributed by atoms with Gasteiger partial charge in [-0.05, 0) is 36.6 Å². The zero-order chi connectivity index (χ0) is 21.6. The maximum absolute atomic E-state index is 13.2. The first kappa shape index (κ1) is 22.2. The molecule has 0 saturated heterocycles. The monoisotopic (exact) mass is 405 g/mol. The van der Waals surface area contributed by atoms with Gasteiger partial charge in [-0.15, -0.1) is 0 Å². The minimum absolute atomic E-state index is 0.158. The number of aromatic hydroxyl groups is 1. The SMILES string of the molecule is CCCN(CCc1ccc(O)cc1)C(=O)[C@@H]1OC(C(=O)O)=C[C@H](N)[C@H]1NC(C)=O. The molecule has 1 heterocycles. The first-order valence-electron chi connectivity index (χ1n) is 9.44. The summed E-state index contributed by atoms with van der Waals surface area (Å²) in [5.41, 5.74) is 6.94. The maximum Gasteiger partial charge on any atom is 0.370 e. The number of carbonyl (C=O) groups excluding carboxylic acids is 2. The molecule has 3 atom stereocenters. The smallest absolute Gasteiger partial charge is 0.370 e. The molecule has 1 aromatic rings. The third kappa shape index (κ3) is 5.95. The molecule has 0 spiro atoms. The number of nitrogens with one attached hydrogen (secondary N) is 1. The number of hydrogen-bond acceptors (Lipinski definition) is 6. The van der Waals surface area contributed by atoms with Crippen LogP contribution in [-0.4, -0.2) is 64.2 Å². The summed E-state index contributed by atoms with van der Waals surface area (Å²) in [6.45, 7) is 4.01. The fraction of sp³-hybridized carbons (Fsp3) is 0.450. The van der Waals surface area contributed by atoms with Gasteiger partial charge >= 0.3 is 5.97 Å². The number of amides is 2. The molecule has 0 fully saturated rings. The van der Waals surface area contributed by atoms with E-state index in [9.17, 15) is 24.6 Å². The predicted octanol–water partition coefficient (Wildman–Crippen LogP) is 0.373. The Morgan fingerprint density at radius 1 is 1.21 bits per heavy atom. The second-order valence-electron chi connectivity index (χ2n) is 6.92. The van der Waals surface area contributed by atoms with Gasteiger partial charge in [0.15, 0.2) is 6.10 Å². The van der Waals surface area contributed by atoms with E-state index in [0.29, 0.717) is 25.9 Å². The lowest BCUT2D eigenvalue weighted by molar-refractivity contribution is -0.149. The fourth-order valence-corrected chi connectivity index (χ4v) is 3.17. The molecule has 1 aromatic carbocycles. The summed E-state index contributed by atoms with van der Waals surface area (Å²) in [5.74, 6) is -2.42. The number of nitrogens with two attached hydrogens (primary N) is 1. The number of nitrogens with zero attached hydrogens (tertiary/aromatic N) is 1. The van der Waals surface area contributed by atoms with Crippen LogP contribution in [0.5, 0.6) is 5.75 Å². The number of carboxylic acids is 1. The normalized spacial score (nSPS) is 20.9. The van der Waals surface area contributed by atoms with E-state index in [-0.39, 0.29) is 5.75 Å². The van der Waals surface area contributed by atoms with Crippen molar-refractivity contribution >= 4 is 17.8 Å². The Morgan fingerprint density at radius 3 is 2.41 bits per heavy atom. The predicted molar refractivity (Wildman–Crippen MR) is 105 cm³/mol. The Kier molecular flexibility index (Phi) is 7.60. The van der Waals surface area contributed by atoms with Gasteiger partial charge in [0.1, 0.15) is 5.75 Å². The Hall–Kier alpha value is -3.07. The molecule has 1 aliphatic rings. The van der Waals surface area contributed by atoms with E-state index in [1.807, 2.05) is 6.92 Å². The third-order valence-electron chi connectivity index (χ3n) is 4.57. The van der Waals surface area contributed by atoms with E-state index < -0.39 is 41.7 Å². The third-order valence-corrected chi connectivity index (χ3v) is 4.57. The van der Waals surface area contributed by atoms with Crippen molar-refractivity contribution in [2.24, 2.45) is 5.73 Å². The van der Waals surface area contributed by atoms with Crippen LogP contribution in [0.2, 0.25) is 0 Å². The summed E-state index contributed by atoms with van der Waals surface area (Å²) >= 11 is 0. The van der Waals surface area contributed by atoms with E-state index in [0.717, 1.165) is 5.56 Å². The molecular formula is C20H27N3O6. The molecule has 2 rings (SSSR count). The highest BCUT2D eigenvalue weighted by Gasteiger charge is 2.41. The van der Waals surface area contributed by atoms with Crippen LogP contribution in [0.3, 0.4) is 0 Å². The van der Waals surface area contributed by atoms with Gasteiger partial charge in [-0.3, -0.25) is 9.59 Å². The number of ether oxygens (including phenoxy) is 1. The number of rotatable bonds is 8. The summed E-state index contributed by atoms with van der Waals surface area (Å²) in [7, 11) is 0. The lowest BCUT2D eigenvalue weighted by atomic mass is 9.97. The van der Waals surface area contributed by atoms with Crippen molar-refractivity contribution in [1.82, 2.24) is 10.2 Å². The molecule has 0 bridgehead atoms. The molecular weight excluding hydrogens is 378 g/mol. The van der Waals surface area contributed by atoms with Crippen molar-refractivity contribution in [3.63, 3.8) is 0 Å². The zero-order valence-electron chi connectivity index (χ0n) is 16.5. The number of benzene rings is 1. The van der Waals surface area contributed by atoms with Crippen LogP contribution < -0.4 is 11.1 Å². The van der Waals surface area contributed by atoms with Gasteiger partial charge in [-0.25, -0.2) is 4.79 Å². The Morgan fingerprint density at radius 2 is 1.86 bits per heavy atom. The van der Waals surface area contributed by atoms with Crippen molar-refractivity contribution in [3.8, 4) is 5.75 Å². The van der Waals surface area contributed by atoms with Crippen LogP contribution in [-0.2, 0) is 25.5 Å². The van der Waals surface area contributed by atoms with E-state index in [4.69, 9.17) is 10.5 Å². The average molecular weight is 405 g/mol. The summed E-state index contributed by atoms with van der Waals surface area (Å²) in [5, 5.41) is 21.2. The van der Waals surface area contributed by atoms with Gasteiger partial charge in [0, 0.05) is 20.0 Å². The molecule has 9 nitrogen and oxygen atoms in total. The highest BCUT2D eigenvalue weighted by atomic mass is 16.5. The van der Waals surface area contributed by atoms with Crippen molar-refractivity contribution in [3.05, 3.63) is 41.7 Å². The van der Waals surface area contributed by atoms with Crippen molar-refractivity contribution in [2.75, 3.05) is 13.1 Å². The van der Waals surface area contributed by atoms with Crippen molar-refractivity contribution in [1.29, 1.82) is 0 Å². The van der Waals surface area contributed by atoms with Crippen LogP contribution in [0.25, 0.3) is 0 Å². The maximum atomic E-state index is 13.2. The van der Waals surface area contributed by atoms with Gasteiger partial charge in [-0.2, -0.15) is 0 Å². The molecule has 9 heteroatoms. The van der Waals surface area contributed by atoms with Crippen LogP contribution in [0, 0.1) is 0 Å². The summed E-state index contributed by atoms with van der Waals surface area (Å²) < 4.78 is 5.43. The first-order valence-corrected chi connectivity index (χ1v) is 9.44. The number of carboxylic acid groups (broad SMARTS) is 1. The Labute approximate surface area is 169 Å². The van der Waals surface area contributed by atoms with E-state index >= 15 is 0 Å². The molecule has 158 valence electrons. The highest BCUT2D eigenvalue weighted by molar-refractivity contribution is 5.88. The van der Waals surface area contributed by atoms with Crippen molar-refractivity contribution in [2.45, 2.75) is 44.9 Å². The van der Waals surface area contributed by atoms with Gasteiger partial charge in [0.05, 0.1) is 12.1 Å². The lowest BCUT2D eigenvalue weighted by Gasteiger charge is -2.37. The van der Waals surface area contributed by atoms with Gasteiger partial charge in [0.2, 0.25) is 11.7 Å². The summed E-state index contributed by atoms with van der Waals surface area (Å²) in [6, 6.07) is 4.91. The number of phenolic OH excluding ortho intramolecular Hbond substituents is 1. The topological polar surface area (TPSA) is 142 Å². The number of phenols is 1. The molecule has 5 N–H and O–H groups in total. The van der Waals surface area contributed by atoms with E-state index in [1.165, 1.54) is 13.0 Å². The molecule has 2 amide bonds. The van der Waals surface area contributed by atoms with Crippen LogP contribution in [0.1, 0.15) is 25.8 Å². The molecule has 0 unspecified atom stereocenters. The van der Waals surface area contributed by atoms with Gasteiger partial charge in [0.25, 0.3) is 5.91 Å². The number of aliphatic carboxylic acids is 1. The standard InChI is InChI=1S/C20H27N3O6/c1-3-9-23(10-8-13-4-6-14(25)7-5-13)19(26)18-17(22-12(2)24)15(21)11-16(29-18)20(27)28/h4-7,11,15,17-18,25H,3,8-10,21H2,1-2H3,(H,22,24)(H,27,28)/t15-,17+,18+/m0/s1. The Balaban J connectivity index is 2.21. The quantitative estimate of drug-likeness (QED) is 0.489. The average Bonchev–Trinajstić information content (AvgIpc) is 2.66. The van der Waals surface area contributed by atoms with Gasteiger partial charge in [-0.1, -0.05) is 19.1 Å². The first-order chi connectivity index (χ1) is 13.7. The Bertz CT molecular complexity index is 777. The second-order valence-corrected chi connectivity index (χ2v) is 6.92. The summed E-state index contributed by atoms with van der Waals surface area (Å²) in [4.78, 5) is 37.7.